The van der Waals surface area contributed by atoms with E-state index >= 15 is 0 Å². The summed E-state index contributed by atoms with van der Waals surface area (Å²) in [6.07, 6.45) is 0. The maximum absolute atomic E-state index is 11.9. The van der Waals surface area contributed by atoms with Crippen LogP contribution in [0.5, 0.6) is 5.88 Å². The summed E-state index contributed by atoms with van der Waals surface area (Å²) in [5.41, 5.74) is 0.173. The standard InChI is InChI=1S/C12H11ClN2O3/c1-18-6-9-14-11(16)10(12(17)15-9)7-3-2-4-8(13)5-7/h2-5H,6H2,1H3,(H2,14,15,16,17). The van der Waals surface area contributed by atoms with E-state index in [-0.39, 0.29) is 23.9 Å². The van der Waals surface area contributed by atoms with Crippen LogP contribution in [0.25, 0.3) is 11.1 Å². The van der Waals surface area contributed by atoms with Crippen molar-refractivity contribution in [2.75, 3.05) is 7.11 Å². The molecule has 2 aromatic rings. The number of aromatic hydroxyl groups is 1. The van der Waals surface area contributed by atoms with Gasteiger partial charge in [0, 0.05) is 12.1 Å². The first kappa shape index (κ1) is 12.6. The third-order valence-corrected chi connectivity index (χ3v) is 2.58. The van der Waals surface area contributed by atoms with Crippen molar-refractivity contribution in [2.45, 2.75) is 6.61 Å². The Hall–Kier alpha value is -1.85. The first-order chi connectivity index (χ1) is 8.61. The van der Waals surface area contributed by atoms with Gasteiger partial charge in [0.1, 0.15) is 18.0 Å². The van der Waals surface area contributed by atoms with E-state index < -0.39 is 5.56 Å². The molecule has 0 atom stereocenters. The van der Waals surface area contributed by atoms with Gasteiger partial charge in [-0.1, -0.05) is 23.7 Å². The van der Waals surface area contributed by atoms with E-state index in [9.17, 15) is 9.90 Å². The minimum absolute atomic E-state index is 0.0948. The largest absolute Gasteiger partial charge is 0.493 e. The number of aromatic nitrogens is 2. The predicted octanol–water partition coefficient (Wildman–Crippen LogP) is 1.94. The molecule has 1 aromatic heterocycles. The van der Waals surface area contributed by atoms with Crippen LogP contribution in [0.1, 0.15) is 5.82 Å². The maximum Gasteiger partial charge on any atom is 0.262 e. The zero-order chi connectivity index (χ0) is 13.1. The van der Waals surface area contributed by atoms with Crippen LogP contribution >= 0.6 is 11.6 Å². The first-order valence-corrected chi connectivity index (χ1v) is 5.56. The fourth-order valence-corrected chi connectivity index (χ4v) is 1.81. The van der Waals surface area contributed by atoms with Crippen LogP contribution in [-0.4, -0.2) is 22.2 Å². The summed E-state index contributed by atoms with van der Waals surface area (Å²) in [6.45, 7) is 0.124. The third kappa shape index (κ3) is 2.52. The molecule has 94 valence electrons. The van der Waals surface area contributed by atoms with E-state index in [0.717, 1.165) is 0 Å². The Morgan fingerprint density at radius 3 is 2.89 bits per heavy atom. The van der Waals surface area contributed by atoms with E-state index in [1.807, 2.05) is 0 Å². The minimum atomic E-state index is -0.434. The van der Waals surface area contributed by atoms with Gasteiger partial charge in [0.25, 0.3) is 5.56 Å². The molecule has 5 nitrogen and oxygen atoms in total. The lowest BCUT2D eigenvalue weighted by molar-refractivity contribution is 0.176. The van der Waals surface area contributed by atoms with Gasteiger partial charge >= 0.3 is 0 Å². The van der Waals surface area contributed by atoms with Crippen molar-refractivity contribution in [1.29, 1.82) is 0 Å². The van der Waals surface area contributed by atoms with Gasteiger partial charge in [-0.2, -0.15) is 4.98 Å². The molecule has 2 N–H and O–H groups in total. The number of aromatic amines is 1. The highest BCUT2D eigenvalue weighted by Crippen LogP contribution is 2.25. The molecule has 1 heterocycles. The molecule has 0 fully saturated rings. The van der Waals surface area contributed by atoms with Gasteiger partial charge in [-0.05, 0) is 17.7 Å². The Morgan fingerprint density at radius 1 is 1.50 bits per heavy atom. The van der Waals surface area contributed by atoms with E-state index in [1.54, 1.807) is 24.3 Å². The molecule has 0 bridgehead atoms. The van der Waals surface area contributed by atoms with Crippen molar-refractivity contribution in [3.63, 3.8) is 0 Å². The van der Waals surface area contributed by atoms with Crippen molar-refractivity contribution >= 4 is 11.6 Å². The van der Waals surface area contributed by atoms with Gasteiger partial charge in [-0.15, -0.1) is 0 Å². The van der Waals surface area contributed by atoms with Crippen molar-refractivity contribution in [3.05, 3.63) is 45.5 Å². The normalized spacial score (nSPS) is 10.6. The van der Waals surface area contributed by atoms with Crippen molar-refractivity contribution < 1.29 is 9.84 Å². The summed E-state index contributed by atoms with van der Waals surface area (Å²) in [5, 5.41) is 10.3. The fourth-order valence-electron chi connectivity index (χ4n) is 1.62. The van der Waals surface area contributed by atoms with Crippen LogP contribution < -0.4 is 5.56 Å². The Morgan fingerprint density at radius 2 is 2.28 bits per heavy atom. The number of benzene rings is 1. The molecule has 6 heteroatoms. The van der Waals surface area contributed by atoms with Crippen LogP contribution in [-0.2, 0) is 11.3 Å². The highest BCUT2D eigenvalue weighted by molar-refractivity contribution is 6.30. The molecule has 0 spiro atoms. The van der Waals surface area contributed by atoms with Gasteiger partial charge in [-0.3, -0.25) is 4.79 Å². The molecule has 0 unspecified atom stereocenters. The van der Waals surface area contributed by atoms with Crippen LogP contribution in [0.4, 0.5) is 0 Å². The molecule has 0 aliphatic heterocycles. The molecule has 18 heavy (non-hydrogen) atoms. The molecule has 0 aliphatic rings. The number of H-pyrrole nitrogens is 1. The van der Waals surface area contributed by atoms with Crippen LogP contribution in [0.3, 0.4) is 0 Å². The van der Waals surface area contributed by atoms with Crippen molar-refractivity contribution in [3.8, 4) is 17.0 Å². The zero-order valence-corrected chi connectivity index (χ0v) is 10.4. The summed E-state index contributed by atoms with van der Waals surface area (Å²) in [4.78, 5) is 18.3. The average Bonchev–Trinajstić information content (AvgIpc) is 2.28. The SMILES string of the molecule is COCc1nc(O)c(-c2cccc(Cl)c2)c(=O)[nH]1. The lowest BCUT2D eigenvalue weighted by atomic mass is 10.1. The van der Waals surface area contributed by atoms with Gasteiger partial charge in [-0.25, -0.2) is 0 Å². The third-order valence-electron chi connectivity index (χ3n) is 2.34. The number of rotatable bonds is 3. The van der Waals surface area contributed by atoms with Gasteiger partial charge in [0.2, 0.25) is 5.88 Å². The Labute approximate surface area is 108 Å². The highest BCUT2D eigenvalue weighted by Gasteiger charge is 2.13. The van der Waals surface area contributed by atoms with E-state index in [2.05, 4.69) is 9.97 Å². The number of halogens is 1. The first-order valence-electron chi connectivity index (χ1n) is 5.19. The van der Waals surface area contributed by atoms with Crippen LogP contribution in [0.15, 0.2) is 29.1 Å². The monoisotopic (exact) mass is 266 g/mol. The number of methoxy groups -OCH3 is 1. The second-order valence-corrected chi connectivity index (χ2v) is 4.09. The smallest absolute Gasteiger partial charge is 0.262 e. The van der Waals surface area contributed by atoms with E-state index in [1.165, 1.54) is 7.11 Å². The molecular formula is C12H11ClN2O3. The summed E-state index contributed by atoms with van der Waals surface area (Å²) in [6, 6.07) is 6.64. The molecule has 0 saturated heterocycles. The summed E-state index contributed by atoms with van der Waals surface area (Å²) in [7, 11) is 1.47. The fraction of sp³-hybridized carbons (Fsp3) is 0.167. The number of ether oxygens (including phenoxy) is 1. The maximum atomic E-state index is 11.9. The topological polar surface area (TPSA) is 75.2 Å². The van der Waals surface area contributed by atoms with Gasteiger partial charge in [0.15, 0.2) is 0 Å². The summed E-state index contributed by atoms with van der Waals surface area (Å²) < 4.78 is 4.84. The van der Waals surface area contributed by atoms with E-state index in [4.69, 9.17) is 16.3 Å². The van der Waals surface area contributed by atoms with Crippen molar-refractivity contribution in [2.24, 2.45) is 0 Å². The van der Waals surface area contributed by atoms with E-state index in [0.29, 0.717) is 10.6 Å². The second-order valence-electron chi connectivity index (χ2n) is 3.65. The number of hydrogen-bond acceptors (Lipinski definition) is 4. The lowest BCUT2D eigenvalue weighted by Gasteiger charge is -2.05. The lowest BCUT2D eigenvalue weighted by Crippen LogP contribution is -2.14. The predicted molar refractivity (Wildman–Crippen MR) is 67.7 cm³/mol. The molecule has 0 radical (unpaired) electrons. The molecule has 0 amide bonds. The average molecular weight is 267 g/mol. The quantitative estimate of drug-likeness (QED) is 0.890. The molecule has 1 aromatic carbocycles. The Bertz CT molecular complexity index is 625. The summed E-state index contributed by atoms with van der Waals surface area (Å²) >= 11 is 5.85. The second kappa shape index (κ2) is 5.20. The Kier molecular flexibility index (Phi) is 3.64. The zero-order valence-electron chi connectivity index (χ0n) is 9.61. The summed E-state index contributed by atoms with van der Waals surface area (Å²) in [5.74, 6) is -0.0705. The van der Waals surface area contributed by atoms with Gasteiger partial charge < -0.3 is 14.8 Å². The molecule has 0 saturated carbocycles. The molecule has 2 rings (SSSR count). The highest BCUT2D eigenvalue weighted by atomic mass is 35.5. The minimum Gasteiger partial charge on any atom is -0.493 e. The Balaban J connectivity index is 2.55. The number of nitrogens with zero attached hydrogens (tertiary/aromatic N) is 1. The molecular weight excluding hydrogens is 256 g/mol. The number of nitrogens with one attached hydrogen (secondary N) is 1. The van der Waals surface area contributed by atoms with Crippen molar-refractivity contribution in [1.82, 2.24) is 9.97 Å². The number of hydrogen-bond donors (Lipinski definition) is 2. The molecule has 0 aliphatic carbocycles. The van der Waals surface area contributed by atoms with Crippen LogP contribution in [0.2, 0.25) is 5.02 Å². The van der Waals surface area contributed by atoms with Crippen LogP contribution in [0, 0.1) is 0 Å². The van der Waals surface area contributed by atoms with Gasteiger partial charge in [0.05, 0.1) is 0 Å².